The number of halogens is 3. The van der Waals surface area contributed by atoms with Gasteiger partial charge in [0.05, 0.1) is 0 Å². The molecular weight excluding hydrogens is 267 g/mol. The summed E-state index contributed by atoms with van der Waals surface area (Å²) in [6.07, 6.45) is 0. The smallest absolute Gasteiger partial charge is 0.254 e. The fourth-order valence-electron chi connectivity index (χ4n) is 1.88. The molecule has 2 aromatic carbocycles. The van der Waals surface area contributed by atoms with E-state index in [2.05, 4.69) is 0 Å². The van der Waals surface area contributed by atoms with Crippen LogP contribution in [0, 0.1) is 17.5 Å². The summed E-state index contributed by atoms with van der Waals surface area (Å²) in [6.45, 7) is 0.148. The maximum Gasteiger partial charge on any atom is 0.254 e. The molecule has 0 unspecified atom stereocenters. The zero-order valence-corrected chi connectivity index (χ0v) is 10.7. The lowest BCUT2D eigenvalue weighted by Crippen LogP contribution is -2.26. The molecule has 0 aliphatic heterocycles. The Labute approximate surface area is 114 Å². The van der Waals surface area contributed by atoms with Crippen LogP contribution in [-0.2, 0) is 6.54 Å². The van der Waals surface area contributed by atoms with Crippen molar-refractivity contribution >= 4 is 5.91 Å². The summed E-state index contributed by atoms with van der Waals surface area (Å²) in [7, 11) is 1.48. The van der Waals surface area contributed by atoms with Crippen molar-refractivity contribution in [1.82, 2.24) is 4.90 Å². The Bertz CT molecular complexity index is 623. The van der Waals surface area contributed by atoms with E-state index in [1.54, 1.807) is 6.07 Å². The van der Waals surface area contributed by atoms with Gasteiger partial charge in [0.2, 0.25) is 0 Å². The lowest BCUT2D eigenvalue weighted by atomic mass is 10.1. The van der Waals surface area contributed by atoms with Crippen LogP contribution < -0.4 is 0 Å². The van der Waals surface area contributed by atoms with Crippen molar-refractivity contribution in [2.45, 2.75) is 6.54 Å². The second kappa shape index (κ2) is 5.77. The number of benzene rings is 2. The normalized spacial score (nSPS) is 10.4. The standard InChI is InChI=1S/C15H12F3NO/c1-19(9-10-3-2-4-12(16)5-10)15(20)11-6-13(17)8-14(18)7-11/h2-8H,9H2,1H3. The van der Waals surface area contributed by atoms with Gasteiger partial charge >= 0.3 is 0 Å². The summed E-state index contributed by atoms with van der Waals surface area (Å²) in [6, 6.07) is 8.43. The molecule has 5 heteroatoms. The third kappa shape index (κ3) is 3.38. The van der Waals surface area contributed by atoms with Gasteiger partial charge in [0.25, 0.3) is 5.91 Å². The van der Waals surface area contributed by atoms with Crippen LogP contribution in [-0.4, -0.2) is 17.9 Å². The minimum atomic E-state index is -0.812. The lowest BCUT2D eigenvalue weighted by Gasteiger charge is -2.17. The van der Waals surface area contributed by atoms with Gasteiger partial charge in [-0.15, -0.1) is 0 Å². The SMILES string of the molecule is CN(Cc1cccc(F)c1)C(=O)c1cc(F)cc(F)c1. The molecule has 0 aliphatic rings. The van der Waals surface area contributed by atoms with Crippen LogP contribution in [0.15, 0.2) is 42.5 Å². The van der Waals surface area contributed by atoms with E-state index in [1.807, 2.05) is 0 Å². The van der Waals surface area contributed by atoms with Gasteiger partial charge in [-0.05, 0) is 29.8 Å². The molecule has 1 amide bonds. The molecule has 104 valence electrons. The summed E-state index contributed by atoms with van der Waals surface area (Å²) in [5, 5.41) is 0. The van der Waals surface area contributed by atoms with Gasteiger partial charge < -0.3 is 4.90 Å². The van der Waals surface area contributed by atoms with Gasteiger partial charge in [-0.3, -0.25) is 4.79 Å². The Hall–Kier alpha value is -2.30. The molecule has 0 bridgehead atoms. The van der Waals surface area contributed by atoms with Crippen LogP contribution >= 0.6 is 0 Å². The highest BCUT2D eigenvalue weighted by atomic mass is 19.1. The predicted octanol–water partition coefficient (Wildman–Crippen LogP) is 3.38. The van der Waals surface area contributed by atoms with E-state index in [0.29, 0.717) is 11.6 Å². The second-order valence-electron chi connectivity index (χ2n) is 4.45. The molecule has 0 N–H and O–H groups in total. The van der Waals surface area contributed by atoms with Crippen LogP contribution in [0.3, 0.4) is 0 Å². The van der Waals surface area contributed by atoms with E-state index in [4.69, 9.17) is 0 Å². The highest BCUT2D eigenvalue weighted by Crippen LogP contribution is 2.12. The molecule has 0 atom stereocenters. The first kappa shape index (κ1) is 14.1. The Morgan fingerprint density at radius 3 is 2.25 bits per heavy atom. The van der Waals surface area contributed by atoms with Crippen molar-refractivity contribution < 1.29 is 18.0 Å². The van der Waals surface area contributed by atoms with Crippen molar-refractivity contribution in [3.05, 3.63) is 71.0 Å². The molecular formula is C15H12F3NO. The fourth-order valence-corrected chi connectivity index (χ4v) is 1.88. The van der Waals surface area contributed by atoms with E-state index in [1.165, 1.54) is 30.1 Å². The van der Waals surface area contributed by atoms with Gasteiger partial charge in [0, 0.05) is 25.2 Å². The second-order valence-corrected chi connectivity index (χ2v) is 4.45. The molecule has 0 radical (unpaired) electrons. The first-order valence-corrected chi connectivity index (χ1v) is 5.92. The molecule has 0 saturated carbocycles. The monoisotopic (exact) mass is 279 g/mol. The van der Waals surface area contributed by atoms with E-state index >= 15 is 0 Å². The Morgan fingerprint density at radius 1 is 1.00 bits per heavy atom. The summed E-state index contributed by atoms with van der Waals surface area (Å²) in [5.41, 5.74) is 0.513. The maximum atomic E-state index is 13.1. The first-order valence-electron chi connectivity index (χ1n) is 5.92. The first-order chi connectivity index (χ1) is 9.45. The molecule has 0 fully saturated rings. The molecule has 0 spiro atoms. The van der Waals surface area contributed by atoms with Crippen LogP contribution in [0.25, 0.3) is 0 Å². The number of carbonyl (C=O) groups excluding carboxylic acids is 1. The van der Waals surface area contributed by atoms with E-state index in [-0.39, 0.29) is 12.1 Å². The number of carbonyl (C=O) groups is 1. The summed E-state index contributed by atoms with van der Waals surface area (Å²) in [5.74, 6) is -2.56. The van der Waals surface area contributed by atoms with Crippen molar-refractivity contribution in [3.63, 3.8) is 0 Å². The number of nitrogens with zero attached hydrogens (tertiary/aromatic N) is 1. The Kier molecular flexibility index (Phi) is 4.08. The Morgan fingerprint density at radius 2 is 1.65 bits per heavy atom. The summed E-state index contributed by atoms with van der Waals surface area (Å²) in [4.78, 5) is 13.3. The van der Waals surface area contributed by atoms with Crippen LogP contribution in [0.2, 0.25) is 0 Å². The number of hydrogen-bond acceptors (Lipinski definition) is 1. The lowest BCUT2D eigenvalue weighted by molar-refractivity contribution is 0.0784. The van der Waals surface area contributed by atoms with Gasteiger partial charge in [-0.1, -0.05) is 12.1 Å². The fraction of sp³-hybridized carbons (Fsp3) is 0.133. The van der Waals surface area contributed by atoms with Crippen LogP contribution in [0.1, 0.15) is 15.9 Å². The summed E-state index contributed by atoms with van der Waals surface area (Å²) < 4.78 is 39.2. The van der Waals surface area contributed by atoms with Crippen LogP contribution in [0.5, 0.6) is 0 Å². The zero-order valence-electron chi connectivity index (χ0n) is 10.7. The van der Waals surface area contributed by atoms with Gasteiger partial charge in [0.15, 0.2) is 0 Å². The molecule has 2 aromatic rings. The minimum Gasteiger partial charge on any atom is -0.337 e. The van der Waals surface area contributed by atoms with Crippen molar-refractivity contribution in [1.29, 1.82) is 0 Å². The number of hydrogen-bond donors (Lipinski definition) is 0. The highest BCUT2D eigenvalue weighted by molar-refractivity contribution is 5.94. The zero-order chi connectivity index (χ0) is 14.7. The molecule has 2 rings (SSSR count). The van der Waals surface area contributed by atoms with Gasteiger partial charge in [0.1, 0.15) is 17.5 Å². The Balaban J connectivity index is 2.16. The summed E-state index contributed by atoms with van der Waals surface area (Å²) >= 11 is 0. The van der Waals surface area contributed by atoms with Gasteiger partial charge in [-0.2, -0.15) is 0 Å². The van der Waals surface area contributed by atoms with E-state index < -0.39 is 23.4 Å². The van der Waals surface area contributed by atoms with E-state index in [9.17, 15) is 18.0 Å². The topological polar surface area (TPSA) is 20.3 Å². The average molecular weight is 279 g/mol. The molecule has 0 saturated heterocycles. The third-order valence-electron chi connectivity index (χ3n) is 2.76. The molecule has 0 aromatic heterocycles. The van der Waals surface area contributed by atoms with Gasteiger partial charge in [-0.25, -0.2) is 13.2 Å². The van der Waals surface area contributed by atoms with Crippen molar-refractivity contribution in [2.24, 2.45) is 0 Å². The minimum absolute atomic E-state index is 0.0820. The molecule has 0 aliphatic carbocycles. The maximum absolute atomic E-state index is 13.1. The van der Waals surface area contributed by atoms with E-state index in [0.717, 1.165) is 12.1 Å². The predicted molar refractivity (Wildman–Crippen MR) is 68.6 cm³/mol. The molecule has 2 nitrogen and oxygen atoms in total. The molecule has 20 heavy (non-hydrogen) atoms. The number of amides is 1. The van der Waals surface area contributed by atoms with Crippen molar-refractivity contribution in [2.75, 3.05) is 7.05 Å². The third-order valence-corrected chi connectivity index (χ3v) is 2.76. The molecule has 0 heterocycles. The largest absolute Gasteiger partial charge is 0.337 e. The average Bonchev–Trinajstić information content (AvgIpc) is 2.36. The highest BCUT2D eigenvalue weighted by Gasteiger charge is 2.14. The van der Waals surface area contributed by atoms with Crippen LogP contribution in [0.4, 0.5) is 13.2 Å². The van der Waals surface area contributed by atoms with Crippen molar-refractivity contribution in [3.8, 4) is 0 Å². The number of rotatable bonds is 3. The quantitative estimate of drug-likeness (QED) is 0.843.